The SMILES string of the molecule is C/C=C\CCC(=O)c1ccc(Cl)cc1. The first-order valence-corrected chi connectivity index (χ1v) is 5.01. The molecule has 0 aliphatic rings. The highest BCUT2D eigenvalue weighted by atomic mass is 35.5. The van der Waals surface area contributed by atoms with Crippen LogP contribution in [0.25, 0.3) is 0 Å². The van der Waals surface area contributed by atoms with E-state index in [1.165, 1.54) is 0 Å². The highest BCUT2D eigenvalue weighted by Crippen LogP contribution is 2.11. The monoisotopic (exact) mass is 208 g/mol. The predicted molar refractivity (Wildman–Crippen MR) is 59.8 cm³/mol. The van der Waals surface area contributed by atoms with Crippen LogP contribution in [0.3, 0.4) is 0 Å². The van der Waals surface area contributed by atoms with E-state index in [0.717, 1.165) is 12.0 Å². The first-order chi connectivity index (χ1) is 6.74. The summed E-state index contributed by atoms with van der Waals surface area (Å²) in [5.74, 6) is 0.166. The maximum atomic E-state index is 11.6. The maximum Gasteiger partial charge on any atom is 0.163 e. The van der Waals surface area contributed by atoms with E-state index >= 15 is 0 Å². The van der Waals surface area contributed by atoms with Crippen molar-refractivity contribution < 1.29 is 4.79 Å². The average molecular weight is 209 g/mol. The fourth-order valence-electron chi connectivity index (χ4n) is 1.16. The number of hydrogen-bond donors (Lipinski definition) is 0. The van der Waals surface area contributed by atoms with Gasteiger partial charge in [0.25, 0.3) is 0 Å². The van der Waals surface area contributed by atoms with Crippen LogP contribution in [0.5, 0.6) is 0 Å². The van der Waals surface area contributed by atoms with Gasteiger partial charge in [-0.15, -0.1) is 0 Å². The van der Waals surface area contributed by atoms with Crippen molar-refractivity contribution in [2.75, 3.05) is 0 Å². The second kappa shape index (κ2) is 5.61. The molecule has 1 rings (SSSR count). The summed E-state index contributed by atoms with van der Waals surface area (Å²) in [5, 5.41) is 0.662. The number of rotatable bonds is 4. The van der Waals surface area contributed by atoms with E-state index in [9.17, 15) is 4.79 Å². The molecular formula is C12H13ClO. The van der Waals surface area contributed by atoms with Crippen LogP contribution in [0.2, 0.25) is 5.02 Å². The smallest absolute Gasteiger partial charge is 0.163 e. The molecule has 0 aliphatic carbocycles. The summed E-state index contributed by atoms with van der Waals surface area (Å²) < 4.78 is 0. The summed E-state index contributed by atoms with van der Waals surface area (Å²) in [6.07, 6.45) is 5.31. The molecule has 0 unspecified atom stereocenters. The molecule has 0 heterocycles. The Morgan fingerprint density at radius 3 is 2.57 bits per heavy atom. The average Bonchev–Trinajstić information content (AvgIpc) is 2.19. The minimum Gasteiger partial charge on any atom is -0.294 e. The van der Waals surface area contributed by atoms with Gasteiger partial charge in [0.05, 0.1) is 0 Å². The zero-order valence-electron chi connectivity index (χ0n) is 8.16. The van der Waals surface area contributed by atoms with Crippen molar-refractivity contribution in [2.45, 2.75) is 19.8 Å². The minimum absolute atomic E-state index is 0.166. The Hall–Kier alpha value is -1.08. The van der Waals surface area contributed by atoms with Gasteiger partial charge in [-0.05, 0) is 37.6 Å². The molecular weight excluding hydrogens is 196 g/mol. The van der Waals surface area contributed by atoms with Crippen molar-refractivity contribution in [3.05, 3.63) is 47.0 Å². The van der Waals surface area contributed by atoms with E-state index in [1.807, 2.05) is 19.1 Å². The van der Waals surface area contributed by atoms with Gasteiger partial charge < -0.3 is 0 Å². The van der Waals surface area contributed by atoms with Crippen molar-refractivity contribution in [1.82, 2.24) is 0 Å². The Morgan fingerprint density at radius 2 is 2.00 bits per heavy atom. The van der Waals surface area contributed by atoms with Crippen LogP contribution >= 0.6 is 11.6 Å². The Morgan fingerprint density at radius 1 is 1.36 bits per heavy atom. The lowest BCUT2D eigenvalue weighted by atomic mass is 10.1. The summed E-state index contributed by atoms with van der Waals surface area (Å²) in [4.78, 5) is 11.6. The van der Waals surface area contributed by atoms with Gasteiger partial charge in [-0.1, -0.05) is 23.8 Å². The van der Waals surface area contributed by atoms with Gasteiger partial charge >= 0.3 is 0 Å². The third-order valence-electron chi connectivity index (χ3n) is 1.94. The summed E-state index contributed by atoms with van der Waals surface area (Å²) >= 11 is 5.72. The summed E-state index contributed by atoms with van der Waals surface area (Å²) in [5.41, 5.74) is 0.735. The molecule has 0 atom stereocenters. The molecule has 1 nitrogen and oxygen atoms in total. The van der Waals surface area contributed by atoms with Gasteiger partial charge in [0.15, 0.2) is 5.78 Å². The van der Waals surface area contributed by atoms with Crippen molar-refractivity contribution in [2.24, 2.45) is 0 Å². The second-order valence-electron chi connectivity index (χ2n) is 3.04. The molecule has 0 spiro atoms. The van der Waals surface area contributed by atoms with E-state index in [0.29, 0.717) is 11.4 Å². The van der Waals surface area contributed by atoms with Crippen molar-refractivity contribution >= 4 is 17.4 Å². The molecule has 0 aliphatic heterocycles. The molecule has 14 heavy (non-hydrogen) atoms. The second-order valence-corrected chi connectivity index (χ2v) is 3.47. The molecule has 0 bridgehead atoms. The van der Waals surface area contributed by atoms with Crippen LogP contribution in [-0.2, 0) is 0 Å². The van der Waals surface area contributed by atoms with E-state index in [2.05, 4.69) is 0 Å². The van der Waals surface area contributed by atoms with Crippen LogP contribution in [0.4, 0.5) is 0 Å². The summed E-state index contributed by atoms with van der Waals surface area (Å²) in [7, 11) is 0. The Balaban J connectivity index is 2.56. The molecule has 0 saturated heterocycles. The number of hydrogen-bond acceptors (Lipinski definition) is 1. The first-order valence-electron chi connectivity index (χ1n) is 4.64. The number of allylic oxidation sites excluding steroid dienone is 2. The van der Waals surface area contributed by atoms with Crippen LogP contribution in [0.15, 0.2) is 36.4 Å². The van der Waals surface area contributed by atoms with Gasteiger partial charge in [0.2, 0.25) is 0 Å². The lowest BCUT2D eigenvalue weighted by molar-refractivity contribution is 0.0983. The Kier molecular flexibility index (Phi) is 4.41. The van der Waals surface area contributed by atoms with E-state index < -0.39 is 0 Å². The number of Topliss-reactive ketones (excluding diaryl/α,β-unsaturated/α-hetero) is 1. The molecule has 0 saturated carbocycles. The van der Waals surface area contributed by atoms with Crippen LogP contribution in [-0.4, -0.2) is 5.78 Å². The molecule has 1 aromatic rings. The van der Waals surface area contributed by atoms with Gasteiger partial charge in [-0.25, -0.2) is 0 Å². The molecule has 74 valence electrons. The van der Waals surface area contributed by atoms with Crippen molar-refractivity contribution in [3.63, 3.8) is 0 Å². The first kappa shape index (κ1) is 11.0. The van der Waals surface area contributed by atoms with Crippen molar-refractivity contribution in [3.8, 4) is 0 Å². The predicted octanol–water partition coefficient (Wildman–Crippen LogP) is 3.88. The van der Waals surface area contributed by atoms with Crippen LogP contribution < -0.4 is 0 Å². The summed E-state index contributed by atoms with van der Waals surface area (Å²) in [6, 6.07) is 7.01. The number of carbonyl (C=O) groups excluding carboxylic acids is 1. The lowest BCUT2D eigenvalue weighted by Gasteiger charge is -1.98. The zero-order chi connectivity index (χ0) is 10.4. The fraction of sp³-hybridized carbons (Fsp3) is 0.250. The molecule has 0 amide bonds. The summed E-state index contributed by atoms with van der Waals surface area (Å²) in [6.45, 7) is 1.95. The van der Waals surface area contributed by atoms with Crippen LogP contribution in [0.1, 0.15) is 30.1 Å². The topological polar surface area (TPSA) is 17.1 Å². The normalized spacial score (nSPS) is 10.7. The third kappa shape index (κ3) is 3.35. The highest BCUT2D eigenvalue weighted by Gasteiger charge is 2.03. The van der Waals surface area contributed by atoms with Gasteiger partial charge in [0.1, 0.15) is 0 Å². The molecule has 0 aromatic heterocycles. The van der Waals surface area contributed by atoms with E-state index in [4.69, 9.17) is 11.6 Å². The lowest BCUT2D eigenvalue weighted by Crippen LogP contribution is -1.97. The molecule has 0 N–H and O–H groups in total. The fourth-order valence-corrected chi connectivity index (χ4v) is 1.29. The highest BCUT2D eigenvalue weighted by molar-refractivity contribution is 6.30. The van der Waals surface area contributed by atoms with Crippen LogP contribution in [0, 0.1) is 0 Å². The van der Waals surface area contributed by atoms with Gasteiger partial charge in [-0.2, -0.15) is 0 Å². The van der Waals surface area contributed by atoms with Crippen molar-refractivity contribution in [1.29, 1.82) is 0 Å². The zero-order valence-corrected chi connectivity index (χ0v) is 8.92. The Labute approximate surface area is 89.4 Å². The maximum absolute atomic E-state index is 11.6. The Bertz CT molecular complexity index is 325. The van der Waals surface area contributed by atoms with E-state index in [-0.39, 0.29) is 5.78 Å². The molecule has 0 fully saturated rings. The molecule has 0 radical (unpaired) electrons. The number of benzene rings is 1. The molecule has 2 heteroatoms. The number of ketones is 1. The standard InChI is InChI=1S/C12H13ClO/c1-2-3-4-5-12(14)10-6-8-11(13)9-7-10/h2-3,6-9H,4-5H2,1H3/b3-2-. The quantitative estimate of drug-likeness (QED) is 0.542. The third-order valence-corrected chi connectivity index (χ3v) is 2.19. The van der Waals surface area contributed by atoms with Gasteiger partial charge in [0, 0.05) is 17.0 Å². The largest absolute Gasteiger partial charge is 0.294 e. The van der Waals surface area contributed by atoms with Gasteiger partial charge in [-0.3, -0.25) is 4.79 Å². The number of carbonyl (C=O) groups is 1. The number of halogens is 1. The molecule has 1 aromatic carbocycles. The van der Waals surface area contributed by atoms with E-state index in [1.54, 1.807) is 24.3 Å². The minimum atomic E-state index is 0.166.